The molecule has 10 rings (SSSR count). The van der Waals surface area contributed by atoms with Gasteiger partial charge >= 0.3 is 0 Å². The van der Waals surface area contributed by atoms with E-state index in [2.05, 4.69) is 133 Å². The van der Waals surface area contributed by atoms with Crippen LogP contribution >= 0.6 is 0 Å². The summed E-state index contributed by atoms with van der Waals surface area (Å²) in [5.41, 5.74) is 11.8. The van der Waals surface area contributed by atoms with Crippen molar-refractivity contribution in [3.8, 4) is 56.3 Å². The Morgan fingerprint density at radius 1 is 0.333 bits per heavy atom. The number of hydrogen-bond acceptors (Lipinski definition) is 4. The van der Waals surface area contributed by atoms with Gasteiger partial charge in [-0.1, -0.05) is 140 Å². The highest BCUT2D eigenvalue weighted by Gasteiger charge is 2.18. The van der Waals surface area contributed by atoms with Gasteiger partial charge in [-0.05, 0) is 47.5 Å². The van der Waals surface area contributed by atoms with Gasteiger partial charge in [0.15, 0.2) is 5.82 Å². The molecule has 0 atom stereocenters. The number of nitrogens with zero attached hydrogens (tertiary/aromatic N) is 3. The monoisotopic (exact) mass is 651 g/mol. The van der Waals surface area contributed by atoms with E-state index in [1.807, 2.05) is 42.5 Å². The van der Waals surface area contributed by atoms with Crippen LogP contribution < -0.4 is 0 Å². The Labute approximate surface area is 294 Å². The van der Waals surface area contributed by atoms with Crippen molar-refractivity contribution in [2.75, 3.05) is 0 Å². The summed E-state index contributed by atoms with van der Waals surface area (Å²) in [6.07, 6.45) is 0. The summed E-state index contributed by atoms with van der Waals surface area (Å²) in [5, 5.41) is 5.57. The van der Waals surface area contributed by atoms with Crippen molar-refractivity contribution in [1.29, 1.82) is 0 Å². The molecule has 3 heterocycles. The van der Waals surface area contributed by atoms with Crippen LogP contribution in [0.4, 0.5) is 0 Å². The fourth-order valence-electron chi connectivity index (χ4n) is 7.21. The molecule has 10 aromatic rings. The number of para-hydroxylation sites is 1. The van der Waals surface area contributed by atoms with E-state index in [9.17, 15) is 0 Å². The van der Waals surface area contributed by atoms with Crippen molar-refractivity contribution in [1.82, 2.24) is 15.0 Å². The van der Waals surface area contributed by atoms with Crippen molar-refractivity contribution in [2.24, 2.45) is 0 Å². The highest BCUT2D eigenvalue weighted by atomic mass is 16.3. The number of fused-ring (bicyclic) bond motifs is 7. The van der Waals surface area contributed by atoms with Crippen molar-refractivity contribution in [3.05, 3.63) is 176 Å². The highest BCUT2D eigenvalue weighted by molar-refractivity contribution is 6.28. The van der Waals surface area contributed by atoms with Crippen molar-refractivity contribution < 1.29 is 4.42 Å². The highest BCUT2D eigenvalue weighted by Crippen LogP contribution is 2.42. The zero-order chi connectivity index (χ0) is 33.7. The summed E-state index contributed by atoms with van der Waals surface area (Å²) in [7, 11) is 0. The first kappa shape index (κ1) is 29.0. The summed E-state index contributed by atoms with van der Waals surface area (Å²) >= 11 is 0. The lowest BCUT2D eigenvalue weighted by molar-refractivity contribution is 0.669. The lowest BCUT2D eigenvalue weighted by Gasteiger charge is -2.11. The molecule has 0 spiro atoms. The second kappa shape index (κ2) is 11.9. The Hall–Kier alpha value is -6.91. The number of rotatable bonds is 5. The minimum absolute atomic E-state index is 0.694. The molecule has 0 fully saturated rings. The van der Waals surface area contributed by atoms with Gasteiger partial charge in [-0.25, -0.2) is 15.0 Å². The van der Waals surface area contributed by atoms with E-state index in [1.54, 1.807) is 0 Å². The molecule has 0 aliphatic heterocycles. The van der Waals surface area contributed by atoms with Crippen LogP contribution in [0.25, 0.3) is 99.9 Å². The third kappa shape index (κ3) is 5.04. The molecule has 51 heavy (non-hydrogen) atoms. The third-order valence-electron chi connectivity index (χ3n) is 9.69. The Bertz CT molecular complexity index is 2820. The van der Waals surface area contributed by atoms with Crippen LogP contribution in [0.15, 0.2) is 180 Å². The molecule has 0 unspecified atom stereocenters. The zero-order valence-corrected chi connectivity index (χ0v) is 27.5. The molecule has 4 heteroatoms. The quantitative estimate of drug-likeness (QED) is 0.174. The maximum Gasteiger partial charge on any atom is 0.160 e. The normalized spacial score (nSPS) is 11.5. The van der Waals surface area contributed by atoms with Crippen LogP contribution in [0.3, 0.4) is 0 Å². The minimum atomic E-state index is 0.694. The lowest BCUT2D eigenvalue weighted by atomic mass is 9.95. The van der Waals surface area contributed by atoms with Crippen LogP contribution in [0, 0.1) is 0 Å². The van der Waals surface area contributed by atoms with Gasteiger partial charge in [-0.15, -0.1) is 0 Å². The second-order valence-electron chi connectivity index (χ2n) is 12.8. The molecule has 0 aliphatic carbocycles. The first-order chi connectivity index (χ1) is 25.3. The topological polar surface area (TPSA) is 51.8 Å². The number of pyridine rings is 1. The molecular weight excluding hydrogens is 623 g/mol. The summed E-state index contributed by atoms with van der Waals surface area (Å²) in [6.45, 7) is 0. The zero-order valence-electron chi connectivity index (χ0n) is 27.5. The number of hydrogen-bond donors (Lipinski definition) is 0. The Morgan fingerprint density at radius 2 is 0.902 bits per heavy atom. The van der Waals surface area contributed by atoms with E-state index in [-0.39, 0.29) is 0 Å². The first-order valence-electron chi connectivity index (χ1n) is 17.1. The van der Waals surface area contributed by atoms with Crippen LogP contribution in [0.5, 0.6) is 0 Å². The molecule has 0 radical (unpaired) electrons. The number of aromatic nitrogens is 3. The third-order valence-corrected chi connectivity index (χ3v) is 9.69. The summed E-state index contributed by atoms with van der Waals surface area (Å²) in [4.78, 5) is 15.2. The van der Waals surface area contributed by atoms with E-state index in [1.165, 1.54) is 0 Å². The van der Waals surface area contributed by atoms with Crippen LogP contribution in [0.1, 0.15) is 0 Å². The lowest BCUT2D eigenvalue weighted by Crippen LogP contribution is -1.95. The largest absolute Gasteiger partial charge is 0.456 e. The number of furan rings is 1. The van der Waals surface area contributed by atoms with E-state index >= 15 is 0 Å². The van der Waals surface area contributed by atoms with Gasteiger partial charge in [0, 0.05) is 49.2 Å². The molecule has 4 nitrogen and oxygen atoms in total. The maximum absolute atomic E-state index is 6.48. The van der Waals surface area contributed by atoms with Crippen LogP contribution in [0.2, 0.25) is 0 Å². The second-order valence-corrected chi connectivity index (χ2v) is 12.8. The fraction of sp³-hybridized carbons (Fsp3) is 0. The predicted molar refractivity (Wildman–Crippen MR) is 209 cm³/mol. The maximum atomic E-state index is 6.48. The van der Waals surface area contributed by atoms with Gasteiger partial charge in [0.2, 0.25) is 0 Å². The SMILES string of the molecule is c1ccc(-c2cc(-c3ccccc3)nc(-c3ccc(-c4ccc5oc6ccc7c(-c8ccccc8)nc8ccccc8c7c6c5c4)cc3)n2)cc1. The van der Waals surface area contributed by atoms with Gasteiger partial charge in [0.1, 0.15) is 11.2 Å². The van der Waals surface area contributed by atoms with E-state index in [4.69, 9.17) is 19.4 Å². The van der Waals surface area contributed by atoms with Crippen LogP contribution in [-0.2, 0) is 0 Å². The first-order valence-corrected chi connectivity index (χ1v) is 17.1. The molecule has 238 valence electrons. The van der Waals surface area contributed by atoms with Crippen molar-refractivity contribution in [3.63, 3.8) is 0 Å². The van der Waals surface area contributed by atoms with Crippen LogP contribution in [-0.4, -0.2) is 15.0 Å². The predicted octanol–water partition coefficient (Wildman–Crippen LogP) is 12.4. The molecule has 0 aliphatic rings. The Balaban J connectivity index is 1.11. The average Bonchev–Trinajstić information content (AvgIpc) is 3.59. The smallest absolute Gasteiger partial charge is 0.160 e. The van der Waals surface area contributed by atoms with E-state index in [0.29, 0.717) is 5.82 Å². The standard InChI is InChI=1S/C47H29N3O/c1-4-12-31(13-5-1)40-29-41(32-14-6-2-7-15-32)50-47(49-40)34-22-20-30(21-23-34)35-24-26-42-38(28-35)45-43(51-42)27-25-37-44(45)36-18-10-11-19-39(36)48-46(37)33-16-8-3-9-17-33/h1-29H. The molecule has 0 bridgehead atoms. The van der Waals surface area contributed by atoms with Gasteiger partial charge in [-0.3, -0.25) is 0 Å². The summed E-state index contributed by atoms with van der Waals surface area (Å²) < 4.78 is 6.48. The van der Waals surface area contributed by atoms with Crippen molar-refractivity contribution >= 4 is 43.6 Å². The van der Waals surface area contributed by atoms with E-state index in [0.717, 1.165) is 94.1 Å². The molecular formula is C47H29N3O. The van der Waals surface area contributed by atoms with Gasteiger partial charge in [-0.2, -0.15) is 0 Å². The van der Waals surface area contributed by atoms with Gasteiger partial charge in [0.25, 0.3) is 0 Å². The Kier molecular flexibility index (Phi) is 6.78. The molecule has 0 amide bonds. The fourth-order valence-corrected chi connectivity index (χ4v) is 7.21. The van der Waals surface area contributed by atoms with E-state index < -0.39 is 0 Å². The average molecular weight is 652 g/mol. The minimum Gasteiger partial charge on any atom is -0.456 e. The summed E-state index contributed by atoms with van der Waals surface area (Å²) in [6, 6.07) is 60.7. The summed E-state index contributed by atoms with van der Waals surface area (Å²) in [5.74, 6) is 0.694. The number of benzene rings is 7. The van der Waals surface area contributed by atoms with Gasteiger partial charge in [0.05, 0.1) is 22.6 Å². The van der Waals surface area contributed by atoms with Crippen molar-refractivity contribution in [2.45, 2.75) is 0 Å². The molecule has 7 aromatic carbocycles. The van der Waals surface area contributed by atoms with Gasteiger partial charge < -0.3 is 4.42 Å². The Morgan fingerprint density at radius 3 is 1.59 bits per heavy atom. The molecule has 3 aromatic heterocycles. The molecule has 0 saturated heterocycles. The molecule has 0 N–H and O–H groups in total. The molecule has 0 saturated carbocycles.